The van der Waals surface area contributed by atoms with Crippen molar-refractivity contribution in [1.82, 2.24) is 10.9 Å². The molecule has 1 heterocycles. The average Bonchev–Trinajstić information content (AvgIpc) is 2.84. The van der Waals surface area contributed by atoms with Crippen LogP contribution in [-0.2, 0) is 14.6 Å². The summed E-state index contributed by atoms with van der Waals surface area (Å²) in [6.07, 6.45) is 0.254. The Morgan fingerprint density at radius 1 is 1.32 bits per heavy atom. The van der Waals surface area contributed by atoms with Gasteiger partial charge in [0.05, 0.1) is 30.1 Å². The molecule has 9 heteroatoms. The van der Waals surface area contributed by atoms with E-state index in [9.17, 15) is 18.0 Å². The highest BCUT2D eigenvalue weighted by molar-refractivity contribution is 7.91. The molecule has 0 bridgehead atoms. The molecule has 1 fully saturated rings. The van der Waals surface area contributed by atoms with E-state index in [1.54, 1.807) is 6.07 Å². The van der Waals surface area contributed by atoms with Crippen molar-refractivity contribution in [1.29, 1.82) is 0 Å². The number of hydrogen-bond acceptors (Lipinski definition) is 5. The van der Waals surface area contributed by atoms with Crippen LogP contribution in [-0.4, -0.2) is 38.8 Å². The van der Waals surface area contributed by atoms with Gasteiger partial charge in [-0.15, -0.1) is 0 Å². The van der Waals surface area contributed by atoms with Crippen LogP contribution in [0.3, 0.4) is 0 Å². The van der Waals surface area contributed by atoms with Gasteiger partial charge in [-0.3, -0.25) is 20.4 Å². The van der Waals surface area contributed by atoms with E-state index in [1.807, 2.05) is 0 Å². The van der Waals surface area contributed by atoms with Crippen LogP contribution in [0.5, 0.6) is 5.75 Å². The molecule has 2 rings (SSSR count). The average molecular weight is 347 g/mol. The second-order valence-electron chi connectivity index (χ2n) is 4.89. The minimum atomic E-state index is -3.16. The number of nitrogens with one attached hydrogen (secondary N) is 2. The summed E-state index contributed by atoms with van der Waals surface area (Å²) in [7, 11) is -1.75. The third-order valence-electron chi connectivity index (χ3n) is 3.31. The molecular weight excluding hydrogens is 332 g/mol. The van der Waals surface area contributed by atoms with Crippen molar-refractivity contribution in [2.24, 2.45) is 5.92 Å². The van der Waals surface area contributed by atoms with E-state index in [4.69, 9.17) is 16.3 Å². The van der Waals surface area contributed by atoms with Gasteiger partial charge in [0.15, 0.2) is 9.84 Å². The Kier molecular flexibility index (Phi) is 4.92. The molecule has 22 heavy (non-hydrogen) atoms. The predicted molar refractivity (Wildman–Crippen MR) is 80.4 cm³/mol. The number of carbonyl (C=O) groups excluding carboxylic acids is 2. The van der Waals surface area contributed by atoms with Gasteiger partial charge >= 0.3 is 0 Å². The molecule has 1 atom stereocenters. The summed E-state index contributed by atoms with van der Waals surface area (Å²) in [5.74, 6) is -1.69. The van der Waals surface area contributed by atoms with Crippen molar-refractivity contribution >= 4 is 33.3 Å². The molecule has 0 aliphatic carbocycles. The smallest absolute Gasteiger partial charge is 0.273 e. The van der Waals surface area contributed by atoms with Gasteiger partial charge in [-0.05, 0) is 24.6 Å². The van der Waals surface area contributed by atoms with Crippen molar-refractivity contribution in [2.45, 2.75) is 6.42 Å². The maximum Gasteiger partial charge on any atom is 0.273 e. The van der Waals surface area contributed by atoms with Crippen molar-refractivity contribution in [2.75, 3.05) is 18.6 Å². The lowest BCUT2D eigenvalue weighted by molar-refractivity contribution is -0.125. The van der Waals surface area contributed by atoms with Gasteiger partial charge in [-0.25, -0.2) is 8.42 Å². The van der Waals surface area contributed by atoms with E-state index < -0.39 is 27.6 Å². The largest absolute Gasteiger partial charge is 0.496 e. The van der Waals surface area contributed by atoms with Gasteiger partial charge in [-0.1, -0.05) is 11.6 Å². The van der Waals surface area contributed by atoms with Gasteiger partial charge in [0, 0.05) is 5.02 Å². The van der Waals surface area contributed by atoms with Gasteiger partial charge in [0.1, 0.15) is 5.75 Å². The second-order valence-corrected chi connectivity index (χ2v) is 7.55. The minimum Gasteiger partial charge on any atom is -0.496 e. The van der Waals surface area contributed by atoms with Crippen molar-refractivity contribution in [3.8, 4) is 5.75 Å². The number of hydrogen-bond donors (Lipinski definition) is 2. The Labute approximate surface area is 132 Å². The van der Waals surface area contributed by atoms with E-state index in [1.165, 1.54) is 19.2 Å². The van der Waals surface area contributed by atoms with E-state index in [2.05, 4.69) is 10.9 Å². The maximum absolute atomic E-state index is 12.0. The summed E-state index contributed by atoms with van der Waals surface area (Å²) in [6, 6.07) is 4.50. The number of methoxy groups -OCH3 is 1. The molecule has 0 aromatic heterocycles. The SMILES string of the molecule is COc1ccc(Cl)cc1C(=O)NNC(=O)[C@H]1CCS(=O)(=O)C1. The van der Waals surface area contributed by atoms with Crippen LogP contribution in [0.25, 0.3) is 0 Å². The molecular formula is C13H15ClN2O5S. The first-order chi connectivity index (χ1) is 10.3. The highest BCUT2D eigenvalue weighted by Crippen LogP contribution is 2.22. The summed E-state index contributed by atoms with van der Waals surface area (Å²) in [4.78, 5) is 23.9. The first-order valence-electron chi connectivity index (χ1n) is 6.46. The fraction of sp³-hybridized carbons (Fsp3) is 0.385. The van der Waals surface area contributed by atoms with Crippen LogP contribution in [0.2, 0.25) is 5.02 Å². The molecule has 1 aliphatic heterocycles. The predicted octanol–water partition coefficient (Wildman–Crippen LogP) is 0.544. The lowest BCUT2D eigenvalue weighted by Gasteiger charge is -2.12. The highest BCUT2D eigenvalue weighted by atomic mass is 35.5. The third-order valence-corrected chi connectivity index (χ3v) is 5.31. The van der Waals surface area contributed by atoms with Crippen LogP contribution in [0.4, 0.5) is 0 Å². The van der Waals surface area contributed by atoms with Gasteiger partial charge < -0.3 is 4.74 Å². The van der Waals surface area contributed by atoms with Crippen molar-refractivity contribution in [3.63, 3.8) is 0 Å². The standard InChI is InChI=1S/C13H15ClN2O5S/c1-21-11-3-2-9(14)6-10(11)13(18)16-15-12(17)8-4-5-22(19,20)7-8/h2-3,6,8H,4-5,7H2,1H3,(H,15,17)(H,16,18)/t8-/m0/s1. The Morgan fingerprint density at radius 3 is 2.64 bits per heavy atom. The third kappa shape index (κ3) is 3.89. The van der Waals surface area contributed by atoms with Crippen LogP contribution in [0.1, 0.15) is 16.8 Å². The number of ether oxygens (including phenoxy) is 1. The number of sulfone groups is 1. The lowest BCUT2D eigenvalue weighted by atomic mass is 10.1. The summed E-state index contributed by atoms with van der Waals surface area (Å²) in [6.45, 7) is 0. The maximum atomic E-state index is 12.0. The number of amides is 2. The van der Waals surface area contributed by atoms with Gasteiger partial charge in [0.2, 0.25) is 5.91 Å². The van der Waals surface area contributed by atoms with Crippen molar-refractivity contribution in [3.05, 3.63) is 28.8 Å². The van der Waals surface area contributed by atoms with Gasteiger partial charge in [0.25, 0.3) is 5.91 Å². The van der Waals surface area contributed by atoms with Gasteiger partial charge in [-0.2, -0.15) is 0 Å². The van der Waals surface area contributed by atoms with E-state index in [0.717, 1.165) is 0 Å². The Balaban J connectivity index is 1.98. The molecule has 1 aromatic rings. The Morgan fingerprint density at radius 2 is 2.05 bits per heavy atom. The lowest BCUT2D eigenvalue weighted by Crippen LogP contribution is -2.44. The summed E-state index contributed by atoms with van der Waals surface area (Å²) in [5, 5.41) is 0.346. The molecule has 7 nitrogen and oxygen atoms in total. The molecule has 1 aliphatic rings. The normalized spacial score (nSPS) is 19.5. The first kappa shape index (κ1) is 16.6. The Bertz CT molecular complexity index is 704. The zero-order valence-electron chi connectivity index (χ0n) is 11.8. The summed E-state index contributed by atoms with van der Waals surface area (Å²) < 4.78 is 27.7. The van der Waals surface area contributed by atoms with Crippen LogP contribution >= 0.6 is 11.6 Å². The topological polar surface area (TPSA) is 102 Å². The fourth-order valence-electron chi connectivity index (χ4n) is 2.15. The van der Waals surface area contributed by atoms with Crippen LogP contribution in [0.15, 0.2) is 18.2 Å². The molecule has 0 unspecified atom stereocenters. The number of halogens is 1. The molecule has 0 saturated carbocycles. The number of rotatable bonds is 3. The molecule has 0 radical (unpaired) electrons. The quantitative estimate of drug-likeness (QED) is 0.778. The molecule has 120 valence electrons. The highest BCUT2D eigenvalue weighted by Gasteiger charge is 2.33. The molecule has 1 aromatic carbocycles. The summed E-state index contributed by atoms with van der Waals surface area (Å²) >= 11 is 5.83. The van der Waals surface area contributed by atoms with E-state index in [-0.39, 0.29) is 23.5 Å². The second kappa shape index (κ2) is 6.53. The monoisotopic (exact) mass is 346 g/mol. The zero-order chi connectivity index (χ0) is 16.3. The zero-order valence-corrected chi connectivity index (χ0v) is 13.3. The molecule has 0 spiro atoms. The molecule has 1 saturated heterocycles. The van der Waals surface area contributed by atoms with E-state index >= 15 is 0 Å². The van der Waals surface area contributed by atoms with Crippen molar-refractivity contribution < 1.29 is 22.7 Å². The number of carbonyl (C=O) groups is 2. The van der Waals surface area contributed by atoms with Crippen LogP contribution < -0.4 is 15.6 Å². The molecule has 2 amide bonds. The first-order valence-corrected chi connectivity index (χ1v) is 8.66. The summed E-state index contributed by atoms with van der Waals surface area (Å²) in [5.41, 5.74) is 4.62. The fourth-order valence-corrected chi connectivity index (χ4v) is 4.06. The number of hydrazine groups is 1. The van der Waals surface area contributed by atoms with Crippen LogP contribution in [0, 0.1) is 5.92 Å². The Hall–Kier alpha value is -1.80. The molecule has 2 N–H and O–H groups in total. The number of benzene rings is 1. The van der Waals surface area contributed by atoms with E-state index in [0.29, 0.717) is 10.8 Å². The minimum absolute atomic E-state index is 0.0127.